The summed E-state index contributed by atoms with van der Waals surface area (Å²) in [6.45, 7) is 5.81. The summed E-state index contributed by atoms with van der Waals surface area (Å²) in [6.07, 6.45) is 3.95. The Hall–Kier alpha value is -1.18. The van der Waals surface area contributed by atoms with Gasteiger partial charge in [-0.3, -0.25) is 0 Å². The normalized spacial score (nSPS) is 20.7. The lowest BCUT2D eigenvalue weighted by Gasteiger charge is -2.28. The lowest BCUT2D eigenvalue weighted by molar-refractivity contribution is 0.494. The Morgan fingerprint density at radius 2 is 2.00 bits per heavy atom. The average molecular weight is 218 g/mol. The first-order valence-corrected chi connectivity index (χ1v) is 6.29. The summed E-state index contributed by atoms with van der Waals surface area (Å²) in [5, 5.41) is 0. The third-order valence-electron chi connectivity index (χ3n) is 3.35. The smallest absolute Gasteiger partial charge is 0.0370 e. The minimum Gasteiger partial charge on any atom is -0.399 e. The number of benzene rings is 1. The van der Waals surface area contributed by atoms with Crippen LogP contribution in [0.15, 0.2) is 24.3 Å². The maximum atomic E-state index is 5.72. The van der Waals surface area contributed by atoms with Gasteiger partial charge in [0.05, 0.1) is 0 Å². The van der Waals surface area contributed by atoms with E-state index in [1.165, 1.54) is 31.5 Å². The molecule has 1 heterocycles. The van der Waals surface area contributed by atoms with E-state index in [0.717, 1.165) is 17.6 Å². The van der Waals surface area contributed by atoms with Crippen molar-refractivity contribution in [3.8, 4) is 0 Å². The van der Waals surface area contributed by atoms with Crippen LogP contribution in [0.1, 0.15) is 33.1 Å². The molecule has 0 radical (unpaired) electrons. The highest BCUT2D eigenvalue weighted by atomic mass is 15.2. The zero-order chi connectivity index (χ0) is 11.5. The second kappa shape index (κ2) is 4.77. The van der Waals surface area contributed by atoms with Gasteiger partial charge in [-0.05, 0) is 49.4 Å². The first kappa shape index (κ1) is 11.3. The van der Waals surface area contributed by atoms with Crippen LogP contribution in [0.2, 0.25) is 0 Å². The number of hydrogen-bond acceptors (Lipinski definition) is 2. The lowest BCUT2D eigenvalue weighted by Crippen LogP contribution is -2.30. The van der Waals surface area contributed by atoms with Crippen LogP contribution in [0.3, 0.4) is 0 Å². The Labute approximate surface area is 98.4 Å². The number of nitrogen functional groups attached to an aromatic ring is 1. The average Bonchev–Trinajstić information content (AvgIpc) is 2.66. The molecule has 1 saturated heterocycles. The molecule has 1 aliphatic rings. The second-order valence-electron chi connectivity index (χ2n) is 5.21. The molecular weight excluding hydrogens is 196 g/mol. The highest BCUT2D eigenvalue weighted by Crippen LogP contribution is 2.29. The van der Waals surface area contributed by atoms with Crippen molar-refractivity contribution in [3.63, 3.8) is 0 Å². The maximum absolute atomic E-state index is 5.72. The predicted molar refractivity (Wildman–Crippen MR) is 70.7 cm³/mol. The number of nitrogens with zero attached hydrogens (tertiary/aromatic N) is 1. The van der Waals surface area contributed by atoms with Crippen molar-refractivity contribution in [1.29, 1.82) is 0 Å². The number of nitrogens with two attached hydrogens (primary N) is 1. The van der Waals surface area contributed by atoms with Crippen molar-refractivity contribution >= 4 is 11.4 Å². The summed E-state index contributed by atoms with van der Waals surface area (Å²) in [4.78, 5) is 2.54. The fourth-order valence-electron chi connectivity index (χ4n) is 2.63. The SMILES string of the molecule is CC(C)CC1CCCN1c1ccc(N)cc1. The number of rotatable bonds is 3. The van der Waals surface area contributed by atoms with Crippen LogP contribution in [0.25, 0.3) is 0 Å². The van der Waals surface area contributed by atoms with E-state index >= 15 is 0 Å². The van der Waals surface area contributed by atoms with Crippen molar-refractivity contribution < 1.29 is 0 Å². The molecule has 1 aliphatic heterocycles. The number of hydrogen-bond donors (Lipinski definition) is 1. The van der Waals surface area contributed by atoms with Crippen molar-refractivity contribution in [2.24, 2.45) is 5.92 Å². The molecule has 0 aliphatic carbocycles. The summed E-state index contributed by atoms with van der Waals surface area (Å²) >= 11 is 0. The van der Waals surface area contributed by atoms with Crippen LogP contribution in [-0.2, 0) is 0 Å². The molecule has 0 bridgehead atoms. The predicted octanol–water partition coefficient (Wildman–Crippen LogP) is 3.28. The van der Waals surface area contributed by atoms with Gasteiger partial charge in [0.15, 0.2) is 0 Å². The molecule has 0 aromatic heterocycles. The van der Waals surface area contributed by atoms with Gasteiger partial charge in [0.2, 0.25) is 0 Å². The van der Waals surface area contributed by atoms with Crippen LogP contribution in [0, 0.1) is 5.92 Å². The minimum absolute atomic E-state index is 0.726. The van der Waals surface area contributed by atoms with Crippen molar-refractivity contribution in [2.45, 2.75) is 39.2 Å². The molecular formula is C14H22N2. The van der Waals surface area contributed by atoms with E-state index in [-0.39, 0.29) is 0 Å². The van der Waals surface area contributed by atoms with Gasteiger partial charge in [-0.1, -0.05) is 13.8 Å². The summed E-state index contributed by atoms with van der Waals surface area (Å²) in [5.74, 6) is 0.777. The zero-order valence-electron chi connectivity index (χ0n) is 10.3. The second-order valence-corrected chi connectivity index (χ2v) is 5.21. The van der Waals surface area contributed by atoms with Crippen LogP contribution >= 0.6 is 0 Å². The fourth-order valence-corrected chi connectivity index (χ4v) is 2.63. The molecule has 16 heavy (non-hydrogen) atoms. The van der Waals surface area contributed by atoms with Gasteiger partial charge in [0.1, 0.15) is 0 Å². The van der Waals surface area contributed by atoms with Crippen LogP contribution in [-0.4, -0.2) is 12.6 Å². The molecule has 2 nitrogen and oxygen atoms in total. The molecule has 0 spiro atoms. The Morgan fingerprint density at radius 1 is 1.31 bits per heavy atom. The van der Waals surface area contributed by atoms with E-state index in [1.807, 2.05) is 12.1 Å². The van der Waals surface area contributed by atoms with E-state index < -0.39 is 0 Å². The first-order valence-electron chi connectivity index (χ1n) is 6.29. The van der Waals surface area contributed by atoms with E-state index in [9.17, 15) is 0 Å². The van der Waals surface area contributed by atoms with Crippen molar-refractivity contribution in [1.82, 2.24) is 0 Å². The molecule has 0 saturated carbocycles. The van der Waals surface area contributed by atoms with Crippen molar-refractivity contribution in [2.75, 3.05) is 17.2 Å². The molecule has 1 atom stereocenters. The van der Waals surface area contributed by atoms with Gasteiger partial charge < -0.3 is 10.6 Å². The molecule has 1 fully saturated rings. The largest absolute Gasteiger partial charge is 0.399 e. The maximum Gasteiger partial charge on any atom is 0.0370 e. The summed E-state index contributed by atoms with van der Waals surface area (Å²) in [7, 11) is 0. The third kappa shape index (κ3) is 2.49. The highest BCUT2D eigenvalue weighted by molar-refractivity contribution is 5.54. The van der Waals surface area contributed by atoms with E-state index in [0.29, 0.717) is 0 Å². The monoisotopic (exact) mass is 218 g/mol. The minimum atomic E-state index is 0.726. The van der Waals surface area contributed by atoms with Gasteiger partial charge in [0, 0.05) is 24.0 Å². The Kier molecular flexibility index (Phi) is 3.37. The van der Waals surface area contributed by atoms with E-state index in [2.05, 4.69) is 30.9 Å². The van der Waals surface area contributed by atoms with Crippen LogP contribution in [0.5, 0.6) is 0 Å². The standard InChI is InChI=1S/C14H22N2/c1-11(2)10-14-4-3-9-16(14)13-7-5-12(15)6-8-13/h5-8,11,14H,3-4,9-10,15H2,1-2H3. The lowest BCUT2D eigenvalue weighted by atomic mass is 10.0. The van der Waals surface area contributed by atoms with Gasteiger partial charge in [-0.15, -0.1) is 0 Å². The van der Waals surface area contributed by atoms with E-state index in [4.69, 9.17) is 5.73 Å². The van der Waals surface area contributed by atoms with Gasteiger partial charge in [-0.2, -0.15) is 0 Å². The molecule has 1 unspecified atom stereocenters. The summed E-state index contributed by atoms with van der Waals surface area (Å²) in [5.41, 5.74) is 7.90. The van der Waals surface area contributed by atoms with Gasteiger partial charge in [-0.25, -0.2) is 0 Å². The first-order chi connectivity index (χ1) is 7.66. The van der Waals surface area contributed by atoms with Crippen LogP contribution < -0.4 is 10.6 Å². The zero-order valence-corrected chi connectivity index (χ0v) is 10.3. The van der Waals surface area contributed by atoms with Gasteiger partial charge >= 0.3 is 0 Å². The van der Waals surface area contributed by atoms with Crippen LogP contribution in [0.4, 0.5) is 11.4 Å². The Balaban J connectivity index is 2.10. The summed E-state index contributed by atoms with van der Waals surface area (Å²) in [6, 6.07) is 9.02. The third-order valence-corrected chi connectivity index (χ3v) is 3.35. The molecule has 2 heteroatoms. The number of anilines is 2. The molecule has 1 aromatic carbocycles. The Bertz CT molecular complexity index is 329. The molecule has 88 valence electrons. The highest BCUT2D eigenvalue weighted by Gasteiger charge is 2.24. The Morgan fingerprint density at radius 3 is 2.62 bits per heavy atom. The van der Waals surface area contributed by atoms with E-state index in [1.54, 1.807) is 0 Å². The topological polar surface area (TPSA) is 29.3 Å². The fraction of sp³-hybridized carbons (Fsp3) is 0.571. The molecule has 2 N–H and O–H groups in total. The summed E-state index contributed by atoms with van der Waals surface area (Å²) < 4.78 is 0. The van der Waals surface area contributed by atoms with Crippen molar-refractivity contribution in [3.05, 3.63) is 24.3 Å². The molecule has 2 rings (SSSR count). The molecule has 0 amide bonds. The molecule has 1 aromatic rings. The van der Waals surface area contributed by atoms with Gasteiger partial charge in [0.25, 0.3) is 0 Å². The quantitative estimate of drug-likeness (QED) is 0.789.